The van der Waals surface area contributed by atoms with Gasteiger partial charge in [-0.3, -0.25) is 4.79 Å². The van der Waals surface area contributed by atoms with Crippen molar-refractivity contribution >= 4 is 12.0 Å². The van der Waals surface area contributed by atoms with Gasteiger partial charge in [-0.15, -0.1) is 0 Å². The third kappa shape index (κ3) is 3.62. The lowest BCUT2D eigenvalue weighted by Crippen LogP contribution is -2.50. The molecule has 0 bridgehead atoms. The number of ether oxygens (including phenoxy) is 1. The van der Waals surface area contributed by atoms with E-state index in [1.807, 2.05) is 6.92 Å². The molecule has 2 saturated heterocycles. The molecule has 0 aromatic rings. The van der Waals surface area contributed by atoms with Crippen molar-refractivity contribution in [3.8, 4) is 0 Å². The normalized spacial score (nSPS) is 26.6. The number of urea groups is 1. The average Bonchev–Trinajstić information content (AvgIpc) is 2.97. The van der Waals surface area contributed by atoms with Crippen molar-refractivity contribution in [3.05, 3.63) is 0 Å². The number of nitrogens with zero attached hydrogens (tertiary/aromatic N) is 2. The van der Waals surface area contributed by atoms with Gasteiger partial charge >= 0.3 is 12.0 Å². The molecule has 6 nitrogen and oxygen atoms in total. The maximum Gasteiger partial charge on any atom is 0.320 e. The van der Waals surface area contributed by atoms with Crippen LogP contribution in [0.2, 0.25) is 0 Å². The van der Waals surface area contributed by atoms with Crippen molar-refractivity contribution in [2.75, 3.05) is 32.8 Å². The van der Waals surface area contributed by atoms with Crippen molar-refractivity contribution in [2.24, 2.45) is 5.92 Å². The fourth-order valence-corrected chi connectivity index (χ4v) is 2.93. The summed E-state index contributed by atoms with van der Waals surface area (Å²) in [6.07, 6.45) is 3.62. The molecular weight excluding hydrogens is 260 g/mol. The van der Waals surface area contributed by atoms with Gasteiger partial charge in [-0.2, -0.15) is 0 Å². The Labute approximate surface area is 119 Å². The van der Waals surface area contributed by atoms with E-state index < -0.39 is 11.9 Å². The summed E-state index contributed by atoms with van der Waals surface area (Å²) in [5.41, 5.74) is 0. The van der Waals surface area contributed by atoms with Gasteiger partial charge in [0.1, 0.15) is 0 Å². The number of hydrogen-bond acceptors (Lipinski definition) is 3. The Morgan fingerprint density at radius 3 is 2.75 bits per heavy atom. The second-order valence-corrected chi connectivity index (χ2v) is 5.58. The topological polar surface area (TPSA) is 70.1 Å². The summed E-state index contributed by atoms with van der Waals surface area (Å²) in [6, 6.07) is -0.0473. The molecule has 0 saturated carbocycles. The van der Waals surface area contributed by atoms with Crippen molar-refractivity contribution < 1.29 is 19.4 Å². The highest BCUT2D eigenvalue weighted by Crippen LogP contribution is 2.19. The first-order valence-electron chi connectivity index (χ1n) is 7.50. The lowest BCUT2D eigenvalue weighted by atomic mass is 9.98. The van der Waals surface area contributed by atoms with E-state index >= 15 is 0 Å². The number of rotatable bonds is 4. The van der Waals surface area contributed by atoms with Crippen molar-refractivity contribution in [1.82, 2.24) is 9.80 Å². The van der Waals surface area contributed by atoms with Crippen LogP contribution in [0.1, 0.15) is 32.6 Å². The van der Waals surface area contributed by atoms with Gasteiger partial charge in [-0.1, -0.05) is 0 Å². The van der Waals surface area contributed by atoms with Crippen LogP contribution in [-0.4, -0.2) is 65.8 Å². The predicted molar refractivity (Wildman–Crippen MR) is 73.5 cm³/mol. The molecule has 2 amide bonds. The average molecular weight is 284 g/mol. The van der Waals surface area contributed by atoms with Gasteiger partial charge in [0.2, 0.25) is 0 Å². The fourth-order valence-electron chi connectivity index (χ4n) is 2.93. The van der Waals surface area contributed by atoms with Gasteiger partial charge in [-0.05, 0) is 32.6 Å². The third-order valence-electron chi connectivity index (χ3n) is 4.14. The Morgan fingerprint density at radius 1 is 1.35 bits per heavy atom. The highest BCUT2D eigenvalue weighted by molar-refractivity contribution is 5.76. The smallest absolute Gasteiger partial charge is 0.320 e. The van der Waals surface area contributed by atoms with E-state index in [2.05, 4.69) is 0 Å². The molecule has 0 aromatic carbocycles. The van der Waals surface area contributed by atoms with Gasteiger partial charge in [0.05, 0.1) is 12.0 Å². The zero-order valence-corrected chi connectivity index (χ0v) is 12.1. The van der Waals surface area contributed by atoms with E-state index in [-0.39, 0.29) is 12.1 Å². The van der Waals surface area contributed by atoms with Crippen LogP contribution in [0.15, 0.2) is 0 Å². The molecule has 0 aromatic heterocycles. The standard InChI is InChI=1S/C14H24N2O4/c1-2-15(10-12-6-4-8-20-12)14(19)16-7-3-5-11(9-16)13(17)18/h11-12H,2-10H2,1H3,(H,17,18). The number of likely N-dealkylation sites (N-methyl/N-ethyl adjacent to an activating group) is 1. The molecule has 2 aliphatic heterocycles. The van der Waals surface area contributed by atoms with Gasteiger partial charge in [0.25, 0.3) is 0 Å². The molecule has 114 valence electrons. The first-order chi connectivity index (χ1) is 9.61. The molecule has 2 fully saturated rings. The van der Waals surface area contributed by atoms with E-state index in [9.17, 15) is 9.59 Å². The number of aliphatic carboxylic acids is 1. The van der Waals surface area contributed by atoms with E-state index in [1.165, 1.54) is 0 Å². The van der Waals surface area contributed by atoms with Gasteiger partial charge < -0.3 is 19.6 Å². The summed E-state index contributed by atoms with van der Waals surface area (Å²) in [4.78, 5) is 27.0. The molecule has 2 atom stereocenters. The Bertz CT molecular complexity index is 355. The number of amides is 2. The number of carbonyl (C=O) groups is 2. The number of piperidine rings is 1. The van der Waals surface area contributed by atoms with E-state index in [0.717, 1.165) is 25.9 Å². The Morgan fingerprint density at radius 2 is 2.15 bits per heavy atom. The molecule has 0 spiro atoms. The zero-order valence-electron chi connectivity index (χ0n) is 12.1. The molecule has 0 radical (unpaired) electrons. The summed E-state index contributed by atoms with van der Waals surface area (Å²) >= 11 is 0. The van der Waals surface area contributed by atoms with Crippen LogP contribution in [0.5, 0.6) is 0 Å². The lowest BCUT2D eigenvalue weighted by Gasteiger charge is -2.35. The Hall–Kier alpha value is -1.30. The van der Waals surface area contributed by atoms with Crippen LogP contribution in [0.4, 0.5) is 4.79 Å². The number of hydrogen-bond donors (Lipinski definition) is 1. The molecule has 6 heteroatoms. The van der Waals surface area contributed by atoms with E-state index in [4.69, 9.17) is 9.84 Å². The van der Waals surface area contributed by atoms with Crippen LogP contribution in [0.3, 0.4) is 0 Å². The second kappa shape index (κ2) is 6.92. The molecule has 2 aliphatic rings. The number of carboxylic acid groups (broad SMARTS) is 1. The third-order valence-corrected chi connectivity index (χ3v) is 4.14. The Kier molecular flexibility index (Phi) is 5.23. The number of likely N-dealkylation sites (tertiary alicyclic amines) is 1. The first-order valence-corrected chi connectivity index (χ1v) is 7.50. The molecule has 2 heterocycles. The summed E-state index contributed by atoms with van der Waals surface area (Å²) in [5.74, 6) is -1.22. The molecule has 2 rings (SSSR count). The lowest BCUT2D eigenvalue weighted by molar-refractivity contribution is -0.143. The van der Waals surface area contributed by atoms with Gasteiger partial charge in [0.15, 0.2) is 0 Å². The zero-order chi connectivity index (χ0) is 14.5. The largest absolute Gasteiger partial charge is 0.481 e. The van der Waals surface area contributed by atoms with Crippen molar-refractivity contribution in [1.29, 1.82) is 0 Å². The molecule has 0 aliphatic carbocycles. The van der Waals surface area contributed by atoms with Crippen molar-refractivity contribution in [3.63, 3.8) is 0 Å². The molecule has 20 heavy (non-hydrogen) atoms. The fraction of sp³-hybridized carbons (Fsp3) is 0.857. The summed E-state index contributed by atoms with van der Waals surface area (Å²) < 4.78 is 5.58. The van der Waals surface area contributed by atoms with Crippen molar-refractivity contribution in [2.45, 2.75) is 38.7 Å². The minimum absolute atomic E-state index is 0.0473. The molecular formula is C14H24N2O4. The number of carbonyl (C=O) groups excluding carboxylic acids is 1. The van der Waals surface area contributed by atoms with Crippen LogP contribution in [0, 0.1) is 5.92 Å². The summed E-state index contributed by atoms with van der Waals surface area (Å²) in [5, 5.41) is 9.09. The summed E-state index contributed by atoms with van der Waals surface area (Å²) in [7, 11) is 0. The number of carboxylic acids is 1. The SMILES string of the molecule is CCN(CC1CCCO1)C(=O)N1CCCC(C(=O)O)C1. The monoisotopic (exact) mass is 284 g/mol. The second-order valence-electron chi connectivity index (χ2n) is 5.58. The summed E-state index contributed by atoms with van der Waals surface area (Å²) in [6.45, 7) is 4.96. The van der Waals surface area contributed by atoms with Gasteiger partial charge in [0, 0.05) is 32.8 Å². The van der Waals surface area contributed by atoms with Crippen LogP contribution >= 0.6 is 0 Å². The van der Waals surface area contributed by atoms with E-state index in [0.29, 0.717) is 32.6 Å². The first kappa shape index (κ1) is 15.1. The minimum Gasteiger partial charge on any atom is -0.481 e. The minimum atomic E-state index is -0.801. The highest BCUT2D eigenvalue weighted by Gasteiger charge is 2.31. The Balaban J connectivity index is 1.91. The van der Waals surface area contributed by atoms with Crippen LogP contribution in [-0.2, 0) is 9.53 Å². The molecule has 2 unspecified atom stereocenters. The molecule has 1 N–H and O–H groups in total. The maximum atomic E-state index is 12.5. The predicted octanol–water partition coefficient (Wildman–Crippen LogP) is 1.40. The van der Waals surface area contributed by atoms with Crippen LogP contribution < -0.4 is 0 Å². The highest BCUT2D eigenvalue weighted by atomic mass is 16.5. The van der Waals surface area contributed by atoms with Gasteiger partial charge in [-0.25, -0.2) is 4.79 Å². The quantitative estimate of drug-likeness (QED) is 0.847. The van der Waals surface area contributed by atoms with Crippen LogP contribution in [0.25, 0.3) is 0 Å². The van der Waals surface area contributed by atoms with E-state index in [1.54, 1.807) is 9.80 Å². The maximum absolute atomic E-state index is 12.5.